The molecule has 2 atom stereocenters. The van der Waals surface area contributed by atoms with Crippen molar-refractivity contribution in [3.8, 4) is 0 Å². The van der Waals surface area contributed by atoms with E-state index in [-0.39, 0.29) is 17.4 Å². The van der Waals surface area contributed by atoms with E-state index in [1.54, 1.807) is 0 Å². The molecule has 0 spiro atoms. The number of hydrogen-bond acceptors (Lipinski definition) is 3. The molecule has 118 valence electrons. The third kappa shape index (κ3) is 4.30. The van der Waals surface area contributed by atoms with Gasteiger partial charge in [-0.3, -0.25) is 9.69 Å². The molecular weight excluding hydrogens is 280 g/mol. The number of amides is 1. The molecule has 1 aromatic rings. The first-order valence-corrected chi connectivity index (χ1v) is 8.73. The van der Waals surface area contributed by atoms with Crippen LogP contribution in [0.3, 0.4) is 0 Å². The number of hydrogen-bond donors (Lipinski definition) is 1. The molecule has 21 heavy (non-hydrogen) atoms. The molecule has 1 fully saturated rings. The van der Waals surface area contributed by atoms with Crippen molar-refractivity contribution >= 4 is 17.2 Å². The molecule has 2 heterocycles. The van der Waals surface area contributed by atoms with Crippen LogP contribution in [0.1, 0.15) is 51.8 Å². The Kier molecular flexibility index (Phi) is 5.10. The van der Waals surface area contributed by atoms with E-state index in [0.717, 1.165) is 19.5 Å². The molecule has 2 unspecified atom stereocenters. The van der Waals surface area contributed by atoms with Gasteiger partial charge in [0.15, 0.2) is 0 Å². The Bertz CT molecular complexity index is 462. The quantitative estimate of drug-likeness (QED) is 0.927. The first-order chi connectivity index (χ1) is 9.77. The molecular formula is C17H28N2OS. The van der Waals surface area contributed by atoms with Crippen molar-refractivity contribution in [1.29, 1.82) is 0 Å². The van der Waals surface area contributed by atoms with Crippen molar-refractivity contribution in [1.82, 2.24) is 10.2 Å². The summed E-state index contributed by atoms with van der Waals surface area (Å²) in [4.78, 5) is 16.2. The minimum Gasteiger partial charge on any atom is -0.352 e. The molecule has 1 saturated heterocycles. The van der Waals surface area contributed by atoms with Crippen LogP contribution in [0.4, 0.5) is 0 Å². The van der Waals surface area contributed by atoms with Crippen LogP contribution < -0.4 is 5.32 Å². The second kappa shape index (κ2) is 6.49. The van der Waals surface area contributed by atoms with E-state index in [0.29, 0.717) is 12.0 Å². The van der Waals surface area contributed by atoms with E-state index < -0.39 is 0 Å². The highest BCUT2D eigenvalue weighted by Gasteiger charge is 2.32. The Labute approximate surface area is 132 Å². The molecule has 2 rings (SSSR count). The van der Waals surface area contributed by atoms with Gasteiger partial charge in [0.05, 0.1) is 0 Å². The lowest BCUT2D eigenvalue weighted by Gasteiger charge is -2.40. The third-order valence-electron chi connectivity index (χ3n) is 4.17. The van der Waals surface area contributed by atoms with E-state index in [1.165, 1.54) is 4.88 Å². The molecule has 0 bridgehead atoms. The first kappa shape index (κ1) is 16.5. The van der Waals surface area contributed by atoms with E-state index in [9.17, 15) is 4.79 Å². The van der Waals surface area contributed by atoms with E-state index >= 15 is 0 Å². The number of likely N-dealkylation sites (tertiary alicyclic amines) is 1. The molecule has 0 aliphatic carbocycles. The Morgan fingerprint density at radius 2 is 2.10 bits per heavy atom. The zero-order valence-electron chi connectivity index (χ0n) is 13.8. The Morgan fingerprint density at radius 1 is 1.38 bits per heavy atom. The van der Waals surface area contributed by atoms with Crippen LogP contribution in [0.5, 0.6) is 0 Å². The summed E-state index contributed by atoms with van der Waals surface area (Å²) in [7, 11) is 0. The zero-order chi connectivity index (χ0) is 15.6. The average molecular weight is 308 g/mol. The monoisotopic (exact) mass is 308 g/mol. The molecule has 1 aliphatic heterocycles. The lowest BCUT2D eigenvalue weighted by atomic mass is 9.90. The maximum Gasteiger partial charge on any atom is 0.225 e. The summed E-state index contributed by atoms with van der Waals surface area (Å²) >= 11 is 1.83. The molecule has 3 nitrogen and oxygen atoms in total. The number of thiophene rings is 1. The number of carbonyl (C=O) groups excluding carboxylic acids is 1. The summed E-state index contributed by atoms with van der Waals surface area (Å²) < 4.78 is 0. The Balaban J connectivity index is 2.08. The smallest absolute Gasteiger partial charge is 0.225 e. The first-order valence-electron chi connectivity index (χ1n) is 7.85. The summed E-state index contributed by atoms with van der Waals surface area (Å²) in [6.45, 7) is 12.5. The standard InChI is InChI=1S/C17H28N2OS/c1-12(2)19-10-13(15-7-6-8-21-15)9-14(11-19)18-16(20)17(3,4)5/h6-8,12-14H,9-11H2,1-5H3,(H,18,20). The predicted octanol–water partition coefficient (Wildman–Crippen LogP) is 3.48. The Hall–Kier alpha value is -0.870. The van der Waals surface area contributed by atoms with Crippen molar-refractivity contribution in [3.05, 3.63) is 22.4 Å². The maximum absolute atomic E-state index is 12.3. The second-order valence-electron chi connectivity index (χ2n) is 7.42. The van der Waals surface area contributed by atoms with Crippen LogP contribution in [-0.2, 0) is 4.79 Å². The summed E-state index contributed by atoms with van der Waals surface area (Å²) in [5.41, 5.74) is -0.321. The fourth-order valence-electron chi connectivity index (χ4n) is 2.79. The van der Waals surface area contributed by atoms with Crippen LogP contribution in [0.25, 0.3) is 0 Å². The van der Waals surface area contributed by atoms with Gasteiger partial charge in [0, 0.05) is 41.4 Å². The minimum absolute atomic E-state index is 0.156. The number of piperidine rings is 1. The van der Waals surface area contributed by atoms with Gasteiger partial charge in [-0.15, -0.1) is 11.3 Å². The highest BCUT2D eigenvalue weighted by Crippen LogP contribution is 2.31. The second-order valence-corrected chi connectivity index (χ2v) is 8.40. The average Bonchev–Trinajstić information content (AvgIpc) is 2.91. The SMILES string of the molecule is CC(C)N1CC(NC(=O)C(C)(C)C)CC(c2cccs2)C1. The van der Waals surface area contributed by atoms with Crippen molar-refractivity contribution < 1.29 is 4.79 Å². The highest BCUT2D eigenvalue weighted by molar-refractivity contribution is 7.10. The van der Waals surface area contributed by atoms with Crippen LogP contribution in [0.15, 0.2) is 17.5 Å². The van der Waals surface area contributed by atoms with Gasteiger partial charge in [0.25, 0.3) is 0 Å². The molecule has 1 aliphatic rings. The maximum atomic E-state index is 12.3. The van der Waals surface area contributed by atoms with Crippen molar-refractivity contribution in [3.63, 3.8) is 0 Å². The number of nitrogens with zero attached hydrogens (tertiary/aromatic N) is 1. The van der Waals surface area contributed by atoms with Gasteiger partial charge in [0.2, 0.25) is 5.91 Å². The number of nitrogens with one attached hydrogen (secondary N) is 1. The molecule has 0 radical (unpaired) electrons. The molecule has 0 aromatic carbocycles. The lowest BCUT2D eigenvalue weighted by Crippen LogP contribution is -2.53. The van der Waals surface area contributed by atoms with Crippen LogP contribution in [0.2, 0.25) is 0 Å². The van der Waals surface area contributed by atoms with Gasteiger partial charge in [-0.25, -0.2) is 0 Å². The molecule has 0 saturated carbocycles. The summed E-state index contributed by atoms with van der Waals surface area (Å²) in [5.74, 6) is 0.689. The lowest BCUT2D eigenvalue weighted by molar-refractivity contribution is -0.129. The van der Waals surface area contributed by atoms with Crippen LogP contribution >= 0.6 is 11.3 Å². The largest absolute Gasteiger partial charge is 0.352 e. The van der Waals surface area contributed by atoms with Crippen molar-refractivity contribution in [2.75, 3.05) is 13.1 Å². The Morgan fingerprint density at radius 3 is 2.62 bits per heavy atom. The van der Waals surface area contributed by atoms with Gasteiger partial charge in [-0.2, -0.15) is 0 Å². The predicted molar refractivity (Wildman–Crippen MR) is 89.8 cm³/mol. The molecule has 4 heteroatoms. The molecule has 1 amide bonds. The fraction of sp³-hybridized carbons (Fsp3) is 0.706. The van der Waals surface area contributed by atoms with Gasteiger partial charge in [0.1, 0.15) is 0 Å². The molecule has 1 N–H and O–H groups in total. The summed E-state index contributed by atoms with van der Waals surface area (Å²) in [5, 5.41) is 5.40. The third-order valence-corrected chi connectivity index (χ3v) is 5.21. The fourth-order valence-corrected chi connectivity index (χ4v) is 3.63. The van der Waals surface area contributed by atoms with Gasteiger partial charge in [-0.05, 0) is 31.7 Å². The van der Waals surface area contributed by atoms with E-state index in [4.69, 9.17) is 0 Å². The van der Waals surface area contributed by atoms with E-state index in [1.807, 2.05) is 32.1 Å². The summed E-state index contributed by atoms with van der Waals surface area (Å²) in [6.07, 6.45) is 1.05. The van der Waals surface area contributed by atoms with Crippen molar-refractivity contribution in [2.45, 2.75) is 59.0 Å². The summed E-state index contributed by atoms with van der Waals surface area (Å²) in [6, 6.07) is 5.11. The number of carbonyl (C=O) groups is 1. The number of rotatable bonds is 3. The zero-order valence-corrected chi connectivity index (χ0v) is 14.7. The minimum atomic E-state index is -0.321. The normalized spacial score (nSPS) is 24.3. The van der Waals surface area contributed by atoms with Gasteiger partial charge in [-0.1, -0.05) is 26.8 Å². The topological polar surface area (TPSA) is 32.3 Å². The van der Waals surface area contributed by atoms with Gasteiger partial charge < -0.3 is 5.32 Å². The van der Waals surface area contributed by atoms with Crippen molar-refractivity contribution in [2.24, 2.45) is 5.41 Å². The highest BCUT2D eigenvalue weighted by atomic mass is 32.1. The van der Waals surface area contributed by atoms with Crippen LogP contribution in [-0.4, -0.2) is 36.0 Å². The van der Waals surface area contributed by atoms with Gasteiger partial charge >= 0.3 is 0 Å². The van der Waals surface area contributed by atoms with Crippen LogP contribution in [0, 0.1) is 5.41 Å². The molecule has 1 aromatic heterocycles. The van der Waals surface area contributed by atoms with E-state index in [2.05, 4.69) is 41.6 Å².